The van der Waals surface area contributed by atoms with E-state index in [0.717, 1.165) is 5.69 Å². The molecule has 0 spiro atoms. The summed E-state index contributed by atoms with van der Waals surface area (Å²) in [7, 11) is 0. The van der Waals surface area contributed by atoms with Crippen molar-refractivity contribution in [2.75, 3.05) is 0 Å². The second-order valence-electron chi connectivity index (χ2n) is 3.07. The molecule has 16 heavy (non-hydrogen) atoms. The van der Waals surface area contributed by atoms with E-state index in [1.54, 1.807) is 6.33 Å². The predicted octanol–water partition coefficient (Wildman–Crippen LogP) is 2.04. The maximum absolute atomic E-state index is 8.36. The van der Waals surface area contributed by atoms with E-state index in [9.17, 15) is 0 Å². The van der Waals surface area contributed by atoms with Crippen LogP contribution in [-0.2, 0) is 0 Å². The average molecular weight is 221 g/mol. The van der Waals surface area contributed by atoms with Gasteiger partial charge in [-0.05, 0) is 18.6 Å². The van der Waals surface area contributed by atoms with Crippen LogP contribution in [-0.4, -0.2) is 20.3 Å². The second kappa shape index (κ2) is 5.50. The van der Waals surface area contributed by atoms with Crippen molar-refractivity contribution in [3.8, 4) is 11.3 Å². The lowest BCUT2D eigenvalue weighted by atomic mass is 10.1. The van der Waals surface area contributed by atoms with Gasteiger partial charge in [0.25, 0.3) is 5.09 Å². The van der Waals surface area contributed by atoms with Crippen molar-refractivity contribution in [2.24, 2.45) is 0 Å². The molecule has 0 amide bonds. The van der Waals surface area contributed by atoms with Gasteiger partial charge < -0.3 is 10.2 Å². The Labute approximate surface area is 91.7 Å². The maximum Gasteiger partial charge on any atom is 0.291 e. The SMILES string of the molecule is Cc1cccc(-c2cnc[nH]2)c1.O=[N+]([O-])O. The number of aromatic nitrogens is 2. The summed E-state index contributed by atoms with van der Waals surface area (Å²) in [6, 6.07) is 8.33. The van der Waals surface area contributed by atoms with Crippen LogP contribution in [0.5, 0.6) is 0 Å². The fraction of sp³-hybridized carbons (Fsp3) is 0.100. The van der Waals surface area contributed by atoms with Crippen LogP contribution < -0.4 is 0 Å². The molecule has 2 rings (SSSR count). The van der Waals surface area contributed by atoms with Gasteiger partial charge >= 0.3 is 0 Å². The summed E-state index contributed by atoms with van der Waals surface area (Å²) in [5, 5.41) is 13.6. The number of hydrogen-bond donors (Lipinski definition) is 2. The number of aromatic amines is 1. The Morgan fingerprint density at radius 1 is 1.50 bits per heavy atom. The number of hydrogen-bond acceptors (Lipinski definition) is 3. The molecule has 2 N–H and O–H groups in total. The summed E-state index contributed by atoms with van der Waals surface area (Å²) < 4.78 is 0. The largest absolute Gasteiger partial charge is 0.345 e. The normalized spacial score (nSPS) is 9.06. The summed E-state index contributed by atoms with van der Waals surface area (Å²) in [6.45, 7) is 2.08. The highest BCUT2D eigenvalue weighted by molar-refractivity contribution is 5.58. The minimum Gasteiger partial charge on any atom is -0.345 e. The Morgan fingerprint density at radius 2 is 2.19 bits per heavy atom. The molecule has 0 bridgehead atoms. The van der Waals surface area contributed by atoms with Crippen LogP contribution >= 0.6 is 0 Å². The summed E-state index contributed by atoms with van der Waals surface area (Å²) >= 11 is 0. The Balaban J connectivity index is 0.000000280. The average Bonchev–Trinajstić information content (AvgIpc) is 2.69. The van der Waals surface area contributed by atoms with E-state index in [1.165, 1.54) is 11.1 Å². The van der Waals surface area contributed by atoms with Gasteiger partial charge in [-0.2, -0.15) is 0 Å². The van der Waals surface area contributed by atoms with E-state index in [2.05, 4.69) is 35.1 Å². The molecule has 0 aliphatic heterocycles. The third kappa shape index (κ3) is 3.79. The molecule has 0 radical (unpaired) electrons. The molecule has 84 valence electrons. The minimum atomic E-state index is -1.50. The Hall–Kier alpha value is -2.37. The number of H-pyrrole nitrogens is 1. The summed E-state index contributed by atoms with van der Waals surface area (Å²) in [5.41, 5.74) is 3.52. The molecule has 1 aromatic heterocycles. The van der Waals surface area contributed by atoms with Crippen LogP contribution in [0.2, 0.25) is 0 Å². The van der Waals surface area contributed by atoms with Gasteiger partial charge in [-0.25, -0.2) is 4.98 Å². The Morgan fingerprint density at radius 3 is 2.69 bits per heavy atom. The highest BCUT2D eigenvalue weighted by Gasteiger charge is 1.96. The molecule has 0 unspecified atom stereocenters. The van der Waals surface area contributed by atoms with Gasteiger partial charge in [0.05, 0.1) is 18.2 Å². The van der Waals surface area contributed by atoms with Crippen LogP contribution in [0.4, 0.5) is 0 Å². The zero-order valence-electron chi connectivity index (χ0n) is 8.62. The highest BCUT2D eigenvalue weighted by atomic mass is 16.9. The third-order valence-corrected chi connectivity index (χ3v) is 1.83. The number of imidazole rings is 1. The molecule has 0 atom stereocenters. The van der Waals surface area contributed by atoms with E-state index in [1.807, 2.05) is 12.3 Å². The van der Waals surface area contributed by atoms with Gasteiger partial charge in [0.15, 0.2) is 0 Å². The highest BCUT2D eigenvalue weighted by Crippen LogP contribution is 2.16. The molecule has 6 heteroatoms. The fourth-order valence-electron chi connectivity index (χ4n) is 1.23. The summed E-state index contributed by atoms with van der Waals surface area (Å²) in [6.07, 6.45) is 3.52. The Kier molecular flexibility index (Phi) is 4.02. The van der Waals surface area contributed by atoms with Crippen LogP contribution in [0.1, 0.15) is 5.56 Å². The van der Waals surface area contributed by atoms with E-state index < -0.39 is 5.09 Å². The fourth-order valence-corrected chi connectivity index (χ4v) is 1.23. The van der Waals surface area contributed by atoms with Crippen molar-refractivity contribution in [1.29, 1.82) is 0 Å². The summed E-state index contributed by atoms with van der Waals surface area (Å²) in [4.78, 5) is 15.4. The molecule has 6 nitrogen and oxygen atoms in total. The number of nitrogens with zero attached hydrogens (tertiary/aromatic N) is 2. The van der Waals surface area contributed by atoms with E-state index >= 15 is 0 Å². The predicted molar refractivity (Wildman–Crippen MR) is 57.5 cm³/mol. The zero-order valence-corrected chi connectivity index (χ0v) is 8.62. The molecule has 0 aliphatic rings. The summed E-state index contributed by atoms with van der Waals surface area (Å²) in [5.74, 6) is 0. The van der Waals surface area contributed by atoms with Crippen LogP contribution in [0.3, 0.4) is 0 Å². The van der Waals surface area contributed by atoms with Gasteiger partial charge in [0.1, 0.15) is 0 Å². The lowest BCUT2D eigenvalue weighted by molar-refractivity contribution is -0.742. The minimum absolute atomic E-state index is 1.07. The quantitative estimate of drug-likeness (QED) is 0.569. The first kappa shape index (κ1) is 11.7. The lowest BCUT2D eigenvalue weighted by Gasteiger charge is -1.97. The van der Waals surface area contributed by atoms with Gasteiger partial charge in [-0.1, -0.05) is 23.8 Å². The molecule has 0 aliphatic carbocycles. The topological polar surface area (TPSA) is 92.0 Å². The molecule has 0 saturated heterocycles. The van der Waals surface area contributed by atoms with Crippen molar-refractivity contribution >= 4 is 0 Å². The standard InChI is InChI=1S/C10H10N2.HNO3/c1-8-3-2-4-9(5-8)10-6-11-7-12-10;2-1(3)4/h2-7H,1H3,(H,11,12);(H,2,3,4). The number of rotatable bonds is 1. The number of benzene rings is 1. The smallest absolute Gasteiger partial charge is 0.291 e. The Bertz CT molecular complexity index is 450. The van der Waals surface area contributed by atoms with E-state index in [4.69, 9.17) is 15.3 Å². The molecule has 0 saturated carbocycles. The molecular weight excluding hydrogens is 210 g/mol. The monoisotopic (exact) mass is 221 g/mol. The first-order valence-electron chi connectivity index (χ1n) is 4.48. The molecule has 1 heterocycles. The van der Waals surface area contributed by atoms with Gasteiger partial charge in [0, 0.05) is 0 Å². The third-order valence-electron chi connectivity index (χ3n) is 1.83. The first-order chi connectivity index (χ1) is 7.59. The van der Waals surface area contributed by atoms with Crippen molar-refractivity contribution in [3.63, 3.8) is 0 Å². The first-order valence-corrected chi connectivity index (χ1v) is 4.48. The van der Waals surface area contributed by atoms with Crippen molar-refractivity contribution in [1.82, 2.24) is 9.97 Å². The van der Waals surface area contributed by atoms with E-state index in [0.29, 0.717) is 0 Å². The van der Waals surface area contributed by atoms with Crippen molar-refractivity contribution in [3.05, 3.63) is 52.5 Å². The van der Waals surface area contributed by atoms with Gasteiger partial charge in [0.2, 0.25) is 0 Å². The molecular formula is C10H11N3O3. The van der Waals surface area contributed by atoms with Gasteiger partial charge in [-0.3, -0.25) is 0 Å². The number of aryl methyl sites for hydroxylation is 1. The van der Waals surface area contributed by atoms with Gasteiger partial charge in [-0.15, -0.1) is 10.1 Å². The van der Waals surface area contributed by atoms with Crippen LogP contribution in [0.15, 0.2) is 36.8 Å². The molecule has 2 aromatic rings. The van der Waals surface area contributed by atoms with Crippen LogP contribution in [0.25, 0.3) is 11.3 Å². The van der Waals surface area contributed by atoms with Crippen molar-refractivity contribution < 1.29 is 10.3 Å². The number of nitrogens with one attached hydrogen (secondary N) is 1. The van der Waals surface area contributed by atoms with E-state index in [-0.39, 0.29) is 0 Å². The zero-order chi connectivity index (χ0) is 12.0. The van der Waals surface area contributed by atoms with Crippen LogP contribution in [0, 0.1) is 17.0 Å². The second-order valence-corrected chi connectivity index (χ2v) is 3.07. The molecule has 0 fully saturated rings. The van der Waals surface area contributed by atoms with Crippen molar-refractivity contribution in [2.45, 2.75) is 6.92 Å². The maximum atomic E-state index is 8.36. The molecule has 1 aromatic carbocycles. The lowest BCUT2D eigenvalue weighted by Crippen LogP contribution is -1.81.